The lowest BCUT2D eigenvalue weighted by atomic mass is 9.98. The van der Waals surface area contributed by atoms with Crippen LogP contribution in [-0.2, 0) is 11.8 Å². The van der Waals surface area contributed by atoms with E-state index in [0.29, 0.717) is 10.6 Å². The molecule has 1 atom stereocenters. The third-order valence-electron chi connectivity index (χ3n) is 7.55. The first-order valence-electron chi connectivity index (χ1n) is 13.0. The molecule has 1 aliphatic heterocycles. The molecule has 0 bridgehead atoms. The SMILES string of the molecule is CSc1cc(F)ccc1N[C@H](CF)c1cc(F)cc2c(=O)n(C)c(N3CCN(C(=O)OC4(C)CC4)CC3)c(F)c12. The van der Waals surface area contributed by atoms with E-state index in [1.54, 1.807) is 16.1 Å². The Morgan fingerprint density at radius 3 is 2.42 bits per heavy atom. The van der Waals surface area contributed by atoms with Crippen LogP contribution in [0.15, 0.2) is 40.0 Å². The highest BCUT2D eigenvalue weighted by molar-refractivity contribution is 7.98. The van der Waals surface area contributed by atoms with Gasteiger partial charge in [-0.05, 0) is 61.9 Å². The molecule has 7 nitrogen and oxygen atoms in total. The number of piperazine rings is 1. The fourth-order valence-corrected chi connectivity index (χ4v) is 5.61. The number of halogens is 4. The fourth-order valence-electron chi connectivity index (χ4n) is 5.03. The topological polar surface area (TPSA) is 66.8 Å². The Morgan fingerprint density at radius 2 is 1.80 bits per heavy atom. The Morgan fingerprint density at radius 1 is 1.10 bits per heavy atom. The second kappa shape index (κ2) is 10.9. The Balaban J connectivity index is 1.51. The molecule has 2 heterocycles. The van der Waals surface area contributed by atoms with Crippen molar-refractivity contribution in [2.45, 2.75) is 36.3 Å². The molecule has 0 unspecified atom stereocenters. The molecule has 2 fully saturated rings. The summed E-state index contributed by atoms with van der Waals surface area (Å²) in [4.78, 5) is 29.6. The van der Waals surface area contributed by atoms with Gasteiger partial charge in [0, 0.05) is 49.2 Å². The number of thioether (sulfide) groups is 1. The van der Waals surface area contributed by atoms with E-state index in [1.165, 1.54) is 37.0 Å². The second-order valence-electron chi connectivity index (χ2n) is 10.4. The van der Waals surface area contributed by atoms with E-state index < -0.39 is 47.4 Å². The summed E-state index contributed by atoms with van der Waals surface area (Å²) in [6.45, 7) is 1.80. The van der Waals surface area contributed by atoms with Crippen molar-refractivity contribution in [2.75, 3.05) is 49.3 Å². The first kappa shape index (κ1) is 28.1. The van der Waals surface area contributed by atoms with Gasteiger partial charge in [-0.2, -0.15) is 0 Å². The van der Waals surface area contributed by atoms with Crippen molar-refractivity contribution in [2.24, 2.45) is 7.05 Å². The van der Waals surface area contributed by atoms with Gasteiger partial charge in [0.25, 0.3) is 5.56 Å². The highest BCUT2D eigenvalue weighted by atomic mass is 32.2. The first-order chi connectivity index (χ1) is 19.0. The lowest BCUT2D eigenvalue weighted by Gasteiger charge is -2.37. The maximum atomic E-state index is 16.4. The minimum atomic E-state index is -1.22. The average Bonchev–Trinajstić information content (AvgIpc) is 3.67. The summed E-state index contributed by atoms with van der Waals surface area (Å²) in [6.07, 6.45) is 2.94. The summed E-state index contributed by atoms with van der Waals surface area (Å²) in [7, 11) is 1.40. The molecule has 1 saturated carbocycles. The molecule has 1 N–H and O–H groups in total. The van der Waals surface area contributed by atoms with Crippen molar-refractivity contribution in [1.29, 1.82) is 0 Å². The lowest BCUT2D eigenvalue weighted by molar-refractivity contribution is 0.0570. The average molecular weight is 579 g/mol. The molecule has 214 valence electrons. The third-order valence-corrected chi connectivity index (χ3v) is 8.33. The lowest BCUT2D eigenvalue weighted by Crippen LogP contribution is -2.50. The Kier molecular flexibility index (Phi) is 7.64. The first-order valence-corrected chi connectivity index (χ1v) is 14.2. The zero-order valence-corrected chi connectivity index (χ0v) is 23.2. The normalized spacial score (nSPS) is 17.2. The summed E-state index contributed by atoms with van der Waals surface area (Å²) in [5.41, 5.74) is -0.730. The van der Waals surface area contributed by atoms with Gasteiger partial charge in [-0.3, -0.25) is 9.36 Å². The summed E-state index contributed by atoms with van der Waals surface area (Å²) in [5, 5.41) is 2.53. The van der Waals surface area contributed by atoms with E-state index in [-0.39, 0.29) is 48.3 Å². The van der Waals surface area contributed by atoms with Crippen LogP contribution in [0.1, 0.15) is 31.4 Å². The van der Waals surface area contributed by atoms with E-state index in [0.717, 1.165) is 29.5 Å². The number of benzene rings is 2. The molecule has 1 aromatic heterocycles. The molecular weight excluding hydrogens is 548 g/mol. The van der Waals surface area contributed by atoms with Crippen molar-refractivity contribution in [3.05, 3.63) is 63.7 Å². The number of fused-ring (bicyclic) bond motifs is 1. The van der Waals surface area contributed by atoms with Gasteiger partial charge in [-0.1, -0.05) is 0 Å². The maximum absolute atomic E-state index is 16.4. The largest absolute Gasteiger partial charge is 0.443 e. The van der Waals surface area contributed by atoms with Gasteiger partial charge in [0.05, 0.1) is 11.4 Å². The molecule has 2 aliphatic rings. The molecule has 0 radical (unpaired) electrons. The molecule has 1 aliphatic carbocycles. The predicted molar refractivity (Wildman–Crippen MR) is 148 cm³/mol. The number of nitrogens with one attached hydrogen (secondary N) is 1. The van der Waals surface area contributed by atoms with Crippen molar-refractivity contribution < 1.29 is 27.1 Å². The Hall–Kier alpha value is -3.41. The van der Waals surface area contributed by atoms with Crippen molar-refractivity contribution in [3.8, 4) is 0 Å². The second-order valence-corrected chi connectivity index (χ2v) is 11.3. The number of carbonyl (C=O) groups excluding carboxylic acids is 1. The van der Waals surface area contributed by atoms with Crippen LogP contribution >= 0.6 is 11.8 Å². The van der Waals surface area contributed by atoms with Crippen LogP contribution in [0.3, 0.4) is 0 Å². The molecule has 1 saturated heterocycles. The van der Waals surface area contributed by atoms with Gasteiger partial charge in [-0.15, -0.1) is 11.8 Å². The summed E-state index contributed by atoms with van der Waals surface area (Å²) < 4.78 is 66.0. The van der Waals surface area contributed by atoms with Crippen molar-refractivity contribution >= 4 is 40.1 Å². The quantitative estimate of drug-likeness (QED) is 0.291. The zero-order chi connectivity index (χ0) is 28.8. The Bertz CT molecular complexity index is 1520. The number of alkyl halides is 1. The number of rotatable bonds is 7. The number of nitrogens with zero attached hydrogens (tertiary/aromatic N) is 3. The van der Waals surface area contributed by atoms with Gasteiger partial charge >= 0.3 is 6.09 Å². The van der Waals surface area contributed by atoms with E-state index in [1.807, 2.05) is 6.92 Å². The van der Waals surface area contributed by atoms with Crippen LogP contribution in [0.5, 0.6) is 0 Å². The summed E-state index contributed by atoms with van der Waals surface area (Å²) >= 11 is 1.23. The Labute approximate surface area is 233 Å². The van der Waals surface area contributed by atoms with Crippen molar-refractivity contribution in [1.82, 2.24) is 9.47 Å². The van der Waals surface area contributed by atoms with Crippen LogP contribution in [0, 0.1) is 17.5 Å². The van der Waals surface area contributed by atoms with Crippen LogP contribution in [0.25, 0.3) is 10.8 Å². The number of anilines is 2. The number of carbonyl (C=O) groups is 1. The van der Waals surface area contributed by atoms with E-state index in [9.17, 15) is 22.8 Å². The summed E-state index contributed by atoms with van der Waals surface area (Å²) in [6, 6.07) is 4.65. The minimum absolute atomic E-state index is 0.0308. The highest BCUT2D eigenvalue weighted by Crippen LogP contribution is 2.39. The van der Waals surface area contributed by atoms with Gasteiger partial charge in [0.1, 0.15) is 29.7 Å². The van der Waals surface area contributed by atoms with Crippen LogP contribution < -0.4 is 15.8 Å². The van der Waals surface area contributed by atoms with Gasteiger partial charge in [0.15, 0.2) is 5.82 Å². The van der Waals surface area contributed by atoms with Gasteiger partial charge in [0.2, 0.25) is 0 Å². The molecule has 0 spiro atoms. The minimum Gasteiger partial charge on any atom is -0.443 e. The monoisotopic (exact) mass is 578 g/mol. The highest BCUT2D eigenvalue weighted by Gasteiger charge is 2.43. The smallest absolute Gasteiger partial charge is 0.410 e. The van der Waals surface area contributed by atoms with Gasteiger partial charge in [-0.25, -0.2) is 22.4 Å². The molecule has 5 rings (SSSR count). The number of amides is 1. The predicted octanol–water partition coefficient (Wildman–Crippen LogP) is 5.61. The number of pyridine rings is 1. The number of hydrogen-bond donors (Lipinski definition) is 1. The van der Waals surface area contributed by atoms with E-state index >= 15 is 4.39 Å². The molecule has 12 heteroatoms. The van der Waals surface area contributed by atoms with Crippen LogP contribution in [0.4, 0.5) is 33.9 Å². The number of aromatic nitrogens is 1. The van der Waals surface area contributed by atoms with Crippen LogP contribution in [-0.4, -0.2) is 60.3 Å². The number of ether oxygens (including phenoxy) is 1. The van der Waals surface area contributed by atoms with E-state index in [2.05, 4.69) is 5.32 Å². The maximum Gasteiger partial charge on any atom is 0.410 e. The molecular formula is C28H30F4N4O3S. The van der Waals surface area contributed by atoms with Crippen molar-refractivity contribution in [3.63, 3.8) is 0 Å². The summed E-state index contributed by atoms with van der Waals surface area (Å²) in [5.74, 6) is -2.11. The van der Waals surface area contributed by atoms with E-state index in [4.69, 9.17) is 4.74 Å². The molecule has 40 heavy (non-hydrogen) atoms. The fraction of sp³-hybridized carbons (Fsp3) is 0.429. The molecule has 2 aromatic carbocycles. The number of hydrogen-bond acceptors (Lipinski definition) is 6. The molecule has 1 amide bonds. The molecule has 3 aromatic rings. The van der Waals surface area contributed by atoms with Crippen LogP contribution in [0.2, 0.25) is 0 Å². The third kappa shape index (κ3) is 5.33. The van der Waals surface area contributed by atoms with Gasteiger partial charge < -0.3 is 19.9 Å². The standard InChI is InChI=1S/C28H30F4N4O3S/c1-28(6-7-28)39-27(38)36-10-8-35(9-11-36)25-24(32)23-18(12-17(31)13-19(23)26(37)34(25)2)21(15-29)33-20-5-4-16(30)14-22(20)40-3/h4-5,12-14,21,33H,6-11,15H2,1-3H3/t21-/m1/s1. The zero-order valence-electron chi connectivity index (χ0n) is 22.4.